The summed E-state index contributed by atoms with van der Waals surface area (Å²) in [7, 11) is -3.87. The number of primary sulfonamides is 1. The van der Waals surface area contributed by atoms with Gasteiger partial charge in [-0.1, -0.05) is 18.2 Å². The van der Waals surface area contributed by atoms with Crippen molar-refractivity contribution in [1.82, 2.24) is 0 Å². The van der Waals surface area contributed by atoms with Gasteiger partial charge in [-0.15, -0.1) is 11.3 Å². The number of sulfonamides is 1. The van der Waals surface area contributed by atoms with Crippen molar-refractivity contribution in [2.24, 2.45) is 5.14 Å². The minimum Gasteiger partial charge on any atom is -0.450 e. The monoisotopic (exact) mass is 435 g/mol. The summed E-state index contributed by atoms with van der Waals surface area (Å²) in [5.41, 5.74) is 1.29. The van der Waals surface area contributed by atoms with E-state index in [0.717, 1.165) is 23.5 Å². The molecule has 1 aliphatic rings. The molecule has 2 N–H and O–H groups in total. The van der Waals surface area contributed by atoms with Crippen LogP contribution in [0.5, 0.6) is 0 Å². The average molecular weight is 435 g/mol. The Morgan fingerprint density at radius 1 is 0.966 bits per heavy atom. The van der Waals surface area contributed by atoms with Crippen LogP contribution < -0.4 is 5.14 Å². The largest absolute Gasteiger partial charge is 0.450 e. The Kier molecular flexibility index (Phi) is 4.38. The fourth-order valence-electron chi connectivity index (χ4n) is 3.41. The second-order valence-corrected chi connectivity index (χ2v) is 9.69. The highest BCUT2D eigenvalue weighted by molar-refractivity contribution is 7.89. The topological polar surface area (TPSA) is 86.5 Å². The molecule has 4 rings (SSSR count). The molecule has 1 aromatic heterocycles. The predicted molar refractivity (Wildman–Crippen MR) is 105 cm³/mol. The van der Waals surface area contributed by atoms with Crippen molar-refractivity contribution in [2.75, 3.05) is 0 Å². The van der Waals surface area contributed by atoms with E-state index in [1.54, 1.807) is 26.0 Å². The Bertz CT molecular complexity index is 1260. The molecule has 29 heavy (non-hydrogen) atoms. The van der Waals surface area contributed by atoms with Crippen molar-refractivity contribution in [2.45, 2.75) is 24.3 Å². The fourth-order valence-corrected chi connectivity index (χ4v) is 5.27. The van der Waals surface area contributed by atoms with Crippen LogP contribution >= 0.6 is 11.3 Å². The zero-order valence-corrected chi connectivity index (χ0v) is 17.0. The highest BCUT2D eigenvalue weighted by Crippen LogP contribution is 2.52. The maximum absolute atomic E-state index is 13.9. The van der Waals surface area contributed by atoms with Crippen molar-refractivity contribution in [3.63, 3.8) is 0 Å². The number of thiophene rings is 1. The molecule has 0 bridgehead atoms. The van der Waals surface area contributed by atoms with E-state index in [-0.39, 0.29) is 4.90 Å². The summed E-state index contributed by atoms with van der Waals surface area (Å²) < 4.78 is 55.9. The molecule has 3 aromatic rings. The average Bonchev–Trinajstić information content (AvgIpc) is 3.13. The highest BCUT2D eigenvalue weighted by atomic mass is 32.2. The zero-order chi connectivity index (χ0) is 21.1. The lowest BCUT2D eigenvalue weighted by Crippen LogP contribution is -2.17. The van der Waals surface area contributed by atoms with Gasteiger partial charge in [0.15, 0.2) is 11.6 Å². The van der Waals surface area contributed by atoms with Gasteiger partial charge < -0.3 is 4.74 Å². The molecule has 150 valence electrons. The van der Waals surface area contributed by atoms with Gasteiger partial charge in [-0.3, -0.25) is 0 Å². The molecule has 0 radical (unpaired) electrons. The van der Waals surface area contributed by atoms with Gasteiger partial charge in [0.1, 0.15) is 10.5 Å². The van der Waals surface area contributed by atoms with Crippen LogP contribution in [0.1, 0.15) is 29.1 Å². The number of fused-ring (bicyclic) bond motifs is 1. The number of hydrogen-bond donors (Lipinski definition) is 1. The molecule has 5 nitrogen and oxygen atoms in total. The smallest absolute Gasteiger partial charge is 0.349 e. The van der Waals surface area contributed by atoms with Gasteiger partial charge in [-0.2, -0.15) is 0 Å². The Labute approximate surface area is 169 Å². The molecule has 0 aliphatic carbocycles. The molecule has 0 atom stereocenters. The molecular formula is C20H15F2NO4S2. The van der Waals surface area contributed by atoms with E-state index < -0.39 is 33.2 Å². The van der Waals surface area contributed by atoms with Crippen LogP contribution in [-0.4, -0.2) is 14.4 Å². The molecule has 0 spiro atoms. The lowest BCUT2D eigenvalue weighted by atomic mass is 9.90. The SMILES string of the molecule is CC1(C)OC(=O)c2sc(-c3ccc(F)c(F)c3)c(-c3ccc(S(N)(=O)=O)cc3)c21. The number of carbonyl (C=O) groups excluding carboxylic acids is 1. The number of nitrogens with two attached hydrogens (primary N) is 1. The summed E-state index contributed by atoms with van der Waals surface area (Å²) in [6, 6.07) is 9.35. The Morgan fingerprint density at radius 3 is 2.17 bits per heavy atom. The number of hydrogen-bond acceptors (Lipinski definition) is 5. The predicted octanol–water partition coefficient (Wildman–Crippen LogP) is 4.41. The normalized spacial score (nSPS) is 15.3. The number of rotatable bonds is 3. The number of halogens is 2. The van der Waals surface area contributed by atoms with E-state index in [9.17, 15) is 22.0 Å². The van der Waals surface area contributed by atoms with Crippen LogP contribution in [0.2, 0.25) is 0 Å². The first-order valence-electron chi connectivity index (χ1n) is 8.48. The minimum atomic E-state index is -3.87. The van der Waals surface area contributed by atoms with E-state index in [1.165, 1.54) is 18.2 Å². The first kappa shape index (κ1) is 19.7. The Hall–Kier alpha value is -2.62. The van der Waals surface area contributed by atoms with Gasteiger partial charge in [0.25, 0.3) is 0 Å². The summed E-state index contributed by atoms with van der Waals surface area (Å²) >= 11 is 1.12. The molecule has 0 saturated carbocycles. The zero-order valence-electron chi connectivity index (χ0n) is 15.3. The van der Waals surface area contributed by atoms with Crippen LogP contribution in [0.4, 0.5) is 8.78 Å². The lowest BCUT2D eigenvalue weighted by molar-refractivity contribution is 0.00983. The Balaban J connectivity index is 2.00. The van der Waals surface area contributed by atoms with Crippen LogP contribution in [0.3, 0.4) is 0 Å². The molecule has 0 fully saturated rings. The van der Waals surface area contributed by atoms with Crippen LogP contribution in [0.25, 0.3) is 21.6 Å². The minimum absolute atomic E-state index is 0.0610. The maximum atomic E-state index is 13.9. The summed E-state index contributed by atoms with van der Waals surface area (Å²) in [4.78, 5) is 13.2. The number of carbonyl (C=O) groups is 1. The molecule has 0 saturated heterocycles. The molecule has 1 aliphatic heterocycles. The number of ether oxygens (including phenoxy) is 1. The quantitative estimate of drug-likeness (QED) is 0.618. The van der Waals surface area contributed by atoms with Gasteiger partial charge in [0.2, 0.25) is 10.0 Å². The molecule has 0 amide bonds. The van der Waals surface area contributed by atoms with Gasteiger partial charge in [-0.05, 0) is 49.2 Å². The van der Waals surface area contributed by atoms with E-state index in [2.05, 4.69) is 0 Å². The molecule has 0 unspecified atom stereocenters. The van der Waals surface area contributed by atoms with E-state index >= 15 is 0 Å². The molecule has 9 heteroatoms. The van der Waals surface area contributed by atoms with Crippen molar-refractivity contribution in [3.05, 3.63) is 64.5 Å². The summed E-state index contributed by atoms with van der Waals surface area (Å²) in [5, 5.41) is 5.16. The van der Waals surface area contributed by atoms with Crippen molar-refractivity contribution in [3.8, 4) is 21.6 Å². The van der Waals surface area contributed by atoms with E-state index in [1.807, 2.05) is 0 Å². The van der Waals surface area contributed by atoms with Crippen LogP contribution in [0.15, 0.2) is 47.4 Å². The van der Waals surface area contributed by atoms with Gasteiger partial charge in [0, 0.05) is 16.0 Å². The van der Waals surface area contributed by atoms with E-state index in [0.29, 0.717) is 32.0 Å². The van der Waals surface area contributed by atoms with Crippen molar-refractivity contribution < 1.29 is 26.7 Å². The second kappa shape index (κ2) is 6.45. The second-order valence-electron chi connectivity index (χ2n) is 7.11. The number of benzene rings is 2. The van der Waals surface area contributed by atoms with Crippen LogP contribution in [-0.2, 0) is 20.4 Å². The standard InChI is InChI=1S/C20H15F2NO4S2/c1-20(2)16-15(10-3-6-12(7-4-10)29(23,25)26)17(28-18(16)19(24)27-20)11-5-8-13(21)14(22)9-11/h3-9H,1-2H3,(H2,23,25,26). The molecular weight excluding hydrogens is 420 g/mol. The lowest BCUT2D eigenvalue weighted by Gasteiger charge is -2.20. The van der Waals surface area contributed by atoms with E-state index in [4.69, 9.17) is 9.88 Å². The molecule has 2 aromatic carbocycles. The van der Waals surface area contributed by atoms with Gasteiger partial charge in [-0.25, -0.2) is 27.1 Å². The van der Waals surface area contributed by atoms with Crippen molar-refractivity contribution in [1.29, 1.82) is 0 Å². The van der Waals surface area contributed by atoms with Crippen molar-refractivity contribution >= 4 is 27.3 Å². The number of cyclic esters (lactones) is 1. The summed E-state index contributed by atoms with van der Waals surface area (Å²) in [6.07, 6.45) is 0. The first-order chi connectivity index (χ1) is 13.5. The fraction of sp³-hybridized carbons (Fsp3) is 0.150. The highest BCUT2D eigenvalue weighted by Gasteiger charge is 2.43. The first-order valence-corrected chi connectivity index (χ1v) is 10.8. The maximum Gasteiger partial charge on any atom is 0.349 e. The van der Waals surface area contributed by atoms with Crippen LogP contribution in [0, 0.1) is 11.6 Å². The summed E-state index contributed by atoms with van der Waals surface area (Å²) in [6.45, 7) is 3.47. The number of esters is 1. The van der Waals surface area contributed by atoms with Gasteiger partial charge >= 0.3 is 5.97 Å². The molecule has 2 heterocycles. The Morgan fingerprint density at radius 2 is 1.59 bits per heavy atom. The van der Waals surface area contributed by atoms with Gasteiger partial charge in [0.05, 0.1) is 4.90 Å². The third kappa shape index (κ3) is 3.25. The third-order valence-electron chi connectivity index (χ3n) is 4.70. The summed E-state index contributed by atoms with van der Waals surface area (Å²) in [5.74, 6) is -2.48. The third-order valence-corrected chi connectivity index (χ3v) is 6.84.